The number of rotatable bonds is 7. The quantitative estimate of drug-likeness (QED) is 0.581. The fourth-order valence-electron chi connectivity index (χ4n) is 6.23. The normalized spacial score (nSPS) is 30.8. The number of hydrogen-bond acceptors (Lipinski definition) is 6. The second-order valence-electron chi connectivity index (χ2n) is 9.54. The zero-order valence-electron chi connectivity index (χ0n) is 18.0. The highest BCUT2D eigenvalue weighted by Gasteiger charge is 2.54. The number of nitrogens with zero attached hydrogens (tertiary/aromatic N) is 1. The van der Waals surface area contributed by atoms with Crippen LogP contribution in [0.5, 0.6) is 0 Å². The smallest absolute Gasteiger partial charge is 0.341 e. The first kappa shape index (κ1) is 20.3. The van der Waals surface area contributed by atoms with Crippen LogP contribution in [-0.4, -0.2) is 34.3 Å². The van der Waals surface area contributed by atoms with Crippen molar-refractivity contribution < 1.29 is 14.6 Å². The highest BCUT2D eigenvalue weighted by atomic mass is 16.5. The van der Waals surface area contributed by atoms with Gasteiger partial charge >= 0.3 is 5.97 Å². The van der Waals surface area contributed by atoms with Gasteiger partial charge in [0.05, 0.1) is 17.9 Å². The first-order valence-electron chi connectivity index (χ1n) is 11.5. The molecule has 31 heavy (non-hydrogen) atoms. The largest absolute Gasteiger partial charge is 0.462 e. The average Bonchev–Trinajstić information content (AvgIpc) is 2.74. The molecule has 0 saturated heterocycles. The Hall–Kier alpha value is -2.60. The number of hydrogen-bond donors (Lipinski definition) is 3. The summed E-state index contributed by atoms with van der Waals surface area (Å²) < 4.78 is 5.28. The summed E-state index contributed by atoms with van der Waals surface area (Å²) >= 11 is 0. The number of benzene rings is 1. The summed E-state index contributed by atoms with van der Waals surface area (Å²) in [4.78, 5) is 17.1. The maximum absolute atomic E-state index is 12.6. The lowest BCUT2D eigenvalue weighted by Crippen LogP contribution is -2.59. The zero-order chi connectivity index (χ0) is 21.4. The number of pyridine rings is 1. The first-order valence-corrected chi connectivity index (χ1v) is 11.5. The van der Waals surface area contributed by atoms with Crippen LogP contribution in [0.25, 0.3) is 0 Å². The molecule has 1 aromatic carbocycles. The lowest BCUT2D eigenvalue weighted by atomic mass is 9.52. The van der Waals surface area contributed by atoms with E-state index in [2.05, 4.69) is 27.8 Å². The summed E-state index contributed by atoms with van der Waals surface area (Å²) in [6.07, 6.45) is 6.61. The predicted molar refractivity (Wildman–Crippen MR) is 120 cm³/mol. The Kier molecular flexibility index (Phi) is 5.34. The van der Waals surface area contributed by atoms with Gasteiger partial charge in [-0.05, 0) is 62.3 Å². The molecule has 6 rings (SSSR count). The Bertz CT molecular complexity index is 932. The Balaban J connectivity index is 1.38. The van der Waals surface area contributed by atoms with Crippen molar-refractivity contribution in [3.05, 3.63) is 53.7 Å². The summed E-state index contributed by atoms with van der Waals surface area (Å²) in [5, 5.41) is 18.0. The van der Waals surface area contributed by atoms with Gasteiger partial charge in [-0.25, -0.2) is 9.78 Å². The van der Waals surface area contributed by atoms with Crippen LogP contribution >= 0.6 is 0 Å². The molecule has 4 aliphatic rings. The number of nitrogens with one attached hydrogen (secondary N) is 2. The van der Waals surface area contributed by atoms with E-state index >= 15 is 0 Å². The summed E-state index contributed by atoms with van der Waals surface area (Å²) in [5.41, 5.74) is 1.94. The van der Waals surface area contributed by atoms with Crippen molar-refractivity contribution in [3.63, 3.8) is 0 Å². The van der Waals surface area contributed by atoms with E-state index in [0.717, 1.165) is 43.6 Å². The average molecular weight is 422 g/mol. The minimum Gasteiger partial charge on any atom is -0.462 e. The molecule has 2 aromatic rings. The number of carbonyl (C=O) groups is 1. The molecule has 1 heterocycles. The Labute approximate surface area is 183 Å². The lowest BCUT2D eigenvalue weighted by Gasteiger charge is -2.58. The van der Waals surface area contributed by atoms with Crippen LogP contribution in [0, 0.1) is 17.8 Å². The van der Waals surface area contributed by atoms with Gasteiger partial charge in [-0.2, -0.15) is 0 Å². The summed E-state index contributed by atoms with van der Waals surface area (Å²) in [6, 6.07) is 12.4. The van der Waals surface area contributed by atoms with Crippen molar-refractivity contribution in [2.24, 2.45) is 17.8 Å². The van der Waals surface area contributed by atoms with Gasteiger partial charge in [0.25, 0.3) is 0 Å². The fraction of sp³-hybridized carbons (Fsp3) is 0.520. The molecule has 3 N–H and O–H groups in total. The summed E-state index contributed by atoms with van der Waals surface area (Å²) in [6.45, 7) is 2.80. The van der Waals surface area contributed by atoms with Gasteiger partial charge in [0, 0.05) is 24.8 Å². The fourth-order valence-corrected chi connectivity index (χ4v) is 6.23. The lowest BCUT2D eigenvalue weighted by molar-refractivity contribution is -0.129. The molecule has 4 aliphatic carbocycles. The molecule has 2 unspecified atom stereocenters. The van der Waals surface area contributed by atoms with E-state index in [-0.39, 0.29) is 12.0 Å². The van der Waals surface area contributed by atoms with Gasteiger partial charge in [-0.1, -0.05) is 30.3 Å². The van der Waals surface area contributed by atoms with Crippen molar-refractivity contribution in [2.45, 2.75) is 57.2 Å². The van der Waals surface area contributed by atoms with Gasteiger partial charge in [0.15, 0.2) is 0 Å². The highest BCUT2D eigenvalue weighted by Crippen LogP contribution is 2.56. The molecule has 4 saturated carbocycles. The van der Waals surface area contributed by atoms with Crippen LogP contribution in [0.2, 0.25) is 0 Å². The topological polar surface area (TPSA) is 83.5 Å². The Morgan fingerprint density at radius 2 is 1.94 bits per heavy atom. The van der Waals surface area contributed by atoms with Gasteiger partial charge < -0.3 is 20.5 Å². The van der Waals surface area contributed by atoms with Gasteiger partial charge in [0.1, 0.15) is 11.4 Å². The molecule has 4 fully saturated rings. The van der Waals surface area contributed by atoms with Crippen LogP contribution in [-0.2, 0) is 11.3 Å². The minimum absolute atomic E-state index is 0.273. The number of carbonyl (C=O) groups excluding carboxylic acids is 1. The minimum atomic E-state index is -0.473. The van der Waals surface area contributed by atoms with E-state index in [4.69, 9.17) is 4.74 Å². The number of esters is 1. The van der Waals surface area contributed by atoms with Crippen molar-refractivity contribution in [1.29, 1.82) is 0 Å². The number of ether oxygens (including phenoxy) is 1. The van der Waals surface area contributed by atoms with Crippen LogP contribution in [0.15, 0.2) is 42.6 Å². The summed E-state index contributed by atoms with van der Waals surface area (Å²) in [7, 11) is 0. The van der Waals surface area contributed by atoms with E-state index in [1.165, 1.54) is 5.56 Å². The molecule has 4 bridgehead atoms. The monoisotopic (exact) mass is 421 g/mol. The molecule has 0 amide bonds. The van der Waals surface area contributed by atoms with E-state index in [1.54, 1.807) is 6.20 Å². The molecule has 0 radical (unpaired) electrons. The second-order valence-corrected chi connectivity index (χ2v) is 9.54. The van der Waals surface area contributed by atoms with Crippen molar-refractivity contribution in [3.8, 4) is 0 Å². The molecule has 6 heteroatoms. The number of aliphatic hydroxyl groups is 1. The second kappa shape index (κ2) is 8.15. The third-order valence-electron chi connectivity index (χ3n) is 7.28. The third-order valence-corrected chi connectivity index (χ3v) is 7.28. The molecule has 6 nitrogen and oxygen atoms in total. The molecular formula is C25H31N3O3. The van der Waals surface area contributed by atoms with Crippen molar-refractivity contribution >= 4 is 17.5 Å². The molecule has 0 aliphatic heterocycles. The maximum Gasteiger partial charge on any atom is 0.341 e. The van der Waals surface area contributed by atoms with Gasteiger partial charge in [-0.15, -0.1) is 0 Å². The Morgan fingerprint density at radius 3 is 2.61 bits per heavy atom. The molecule has 164 valence electrons. The first-order chi connectivity index (χ1) is 15.0. The highest BCUT2D eigenvalue weighted by molar-refractivity contribution is 5.96. The van der Waals surface area contributed by atoms with Crippen LogP contribution in [0.1, 0.15) is 54.9 Å². The third kappa shape index (κ3) is 4.13. The van der Waals surface area contributed by atoms with Crippen LogP contribution in [0.3, 0.4) is 0 Å². The van der Waals surface area contributed by atoms with Crippen molar-refractivity contribution in [2.75, 3.05) is 17.2 Å². The zero-order valence-corrected chi connectivity index (χ0v) is 18.0. The number of aromatic nitrogens is 1. The number of anilines is 2. The SMILES string of the molecule is CCOC(=O)c1cnc(NCc2ccccc2)cc1NC1C2CC3CC1CC(O)(C3)C2. The molecule has 1 aromatic heterocycles. The van der Waals surface area contributed by atoms with Gasteiger partial charge in [0.2, 0.25) is 0 Å². The van der Waals surface area contributed by atoms with E-state index in [1.807, 2.05) is 31.2 Å². The van der Waals surface area contributed by atoms with E-state index in [9.17, 15) is 9.90 Å². The maximum atomic E-state index is 12.6. The van der Waals surface area contributed by atoms with Gasteiger partial charge in [-0.3, -0.25) is 0 Å². The van der Waals surface area contributed by atoms with E-state index in [0.29, 0.717) is 36.5 Å². The molecule has 2 atom stereocenters. The predicted octanol–water partition coefficient (Wildman–Crippen LogP) is 4.22. The van der Waals surface area contributed by atoms with E-state index < -0.39 is 5.60 Å². The molecular weight excluding hydrogens is 390 g/mol. The summed E-state index contributed by atoms with van der Waals surface area (Å²) in [5.74, 6) is 1.90. The Morgan fingerprint density at radius 1 is 1.19 bits per heavy atom. The van der Waals surface area contributed by atoms with Crippen molar-refractivity contribution in [1.82, 2.24) is 4.98 Å². The van der Waals surface area contributed by atoms with Crippen LogP contribution < -0.4 is 10.6 Å². The van der Waals surface area contributed by atoms with Crippen LogP contribution in [0.4, 0.5) is 11.5 Å². The standard InChI is InChI=1S/C25H31N3O3/c1-2-31-24(29)20-15-27-22(26-14-16-6-4-3-5-7-16)10-21(20)28-23-18-8-17-9-19(23)13-25(30,11-17)12-18/h3-7,10,15,17-19,23,30H,2,8-9,11-14H2,1H3,(H2,26,27,28). The molecule has 0 spiro atoms.